The zero-order valence-corrected chi connectivity index (χ0v) is 13.5. The lowest BCUT2D eigenvalue weighted by Gasteiger charge is -2.26. The molecule has 0 aromatic carbocycles. The fraction of sp³-hybridized carbons (Fsp3) is 0.353. The van der Waals surface area contributed by atoms with Crippen LogP contribution in [0.3, 0.4) is 0 Å². The molecule has 1 aliphatic rings. The molecule has 1 fully saturated rings. The van der Waals surface area contributed by atoms with Gasteiger partial charge in [-0.05, 0) is 37.5 Å². The average molecular weight is 327 g/mol. The maximum absolute atomic E-state index is 12.6. The first-order chi connectivity index (χ1) is 11.7. The Balaban J connectivity index is 1.91. The number of amides is 1. The summed E-state index contributed by atoms with van der Waals surface area (Å²) in [5, 5.41) is 3.91. The third-order valence-electron chi connectivity index (χ3n) is 4.05. The lowest BCUT2D eigenvalue weighted by Crippen LogP contribution is -2.36. The predicted octanol–water partition coefficient (Wildman–Crippen LogP) is 1.85. The van der Waals surface area contributed by atoms with Gasteiger partial charge in [-0.1, -0.05) is 0 Å². The van der Waals surface area contributed by atoms with E-state index in [0.717, 1.165) is 31.7 Å². The number of carbonyl (C=O) groups excluding carboxylic acids is 1. The molecule has 24 heavy (non-hydrogen) atoms. The van der Waals surface area contributed by atoms with E-state index in [0.29, 0.717) is 23.3 Å². The highest BCUT2D eigenvalue weighted by molar-refractivity contribution is 5.94. The van der Waals surface area contributed by atoms with Crippen LogP contribution in [0.25, 0.3) is 0 Å². The highest BCUT2D eigenvalue weighted by Crippen LogP contribution is 2.14. The van der Waals surface area contributed by atoms with Gasteiger partial charge in [-0.3, -0.25) is 9.79 Å². The summed E-state index contributed by atoms with van der Waals surface area (Å²) in [6.45, 7) is 5.44. The molecule has 7 heteroatoms. The van der Waals surface area contributed by atoms with Crippen molar-refractivity contribution in [1.82, 2.24) is 9.58 Å². The molecule has 0 radical (unpaired) electrons. The van der Waals surface area contributed by atoms with Crippen molar-refractivity contribution in [3.8, 4) is 0 Å². The second-order valence-corrected chi connectivity index (χ2v) is 5.74. The van der Waals surface area contributed by atoms with E-state index in [1.807, 2.05) is 11.0 Å². The average Bonchev–Trinajstić information content (AvgIpc) is 3.13. The van der Waals surface area contributed by atoms with Crippen LogP contribution in [0.15, 0.2) is 45.2 Å². The van der Waals surface area contributed by atoms with E-state index < -0.39 is 0 Å². The molecule has 1 amide bonds. The molecule has 0 bridgehead atoms. The van der Waals surface area contributed by atoms with E-state index in [1.165, 1.54) is 11.1 Å². The molecule has 1 aliphatic heterocycles. The molecule has 0 aliphatic carbocycles. The van der Waals surface area contributed by atoms with Gasteiger partial charge < -0.3 is 15.1 Å². The molecule has 3 heterocycles. The van der Waals surface area contributed by atoms with E-state index in [2.05, 4.69) is 16.8 Å². The van der Waals surface area contributed by atoms with Crippen LogP contribution in [0.2, 0.25) is 0 Å². The standard InChI is InChI=1S/C17H21N5O2/c1-19-22-12-13(17(23)21-7-3-2-4-8-21)10-15(18)16(22)20-11-14-6-5-9-24-14/h5-6,9-10,12H,1-4,7-8,11,18H2. The smallest absolute Gasteiger partial charge is 0.255 e. The number of nitrogens with zero attached hydrogens (tertiary/aromatic N) is 4. The molecule has 0 spiro atoms. The summed E-state index contributed by atoms with van der Waals surface area (Å²) in [4.78, 5) is 18.9. The third-order valence-corrected chi connectivity index (χ3v) is 4.05. The molecular weight excluding hydrogens is 306 g/mol. The topological polar surface area (TPSA) is 89.1 Å². The number of pyridine rings is 1. The summed E-state index contributed by atoms with van der Waals surface area (Å²) in [6.07, 6.45) is 6.47. The Labute approximate surface area is 140 Å². The first-order valence-electron chi connectivity index (χ1n) is 8.00. The molecule has 0 unspecified atom stereocenters. The van der Waals surface area contributed by atoms with Gasteiger partial charge in [-0.25, -0.2) is 4.68 Å². The van der Waals surface area contributed by atoms with Crippen LogP contribution in [-0.2, 0) is 6.54 Å². The minimum absolute atomic E-state index is 0.0311. The van der Waals surface area contributed by atoms with Crippen LogP contribution in [0.4, 0.5) is 5.69 Å². The van der Waals surface area contributed by atoms with Crippen LogP contribution in [0, 0.1) is 0 Å². The second-order valence-electron chi connectivity index (χ2n) is 5.74. The number of hydrogen-bond acceptors (Lipinski definition) is 5. The summed E-state index contributed by atoms with van der Waals surface area (Å²) >= 11 is 0. The zero-order chi connectivity index (χ0) is 16.9. The Morgan fingerprint density at radius 2 is 2.12 bits per heavy atom. The molecule has 2 N–H and O–H groups in total. The number of furan rings is 1. The number of nitrogens with two attached hydrogens (primary N) is 1. The largest absolute Gasteiger partial charge is 0.467 e. The molecule has 7 nitrogen and oxygen atoms in total. The van der Waals surface area contributed by atoms with Crippen LogP contribution in [-0.4, -0.2) is 35.3 Å². The minimum Gasteiger partial charge on any atom is -0.467 e. The van der Waals surface area contributed by atoms with Gasteiger partial charge in [0, 0.05) is 26.0 Å². The maximum atomic E-state index is 12.6. The van der Waals surface area contributed by atoms with Crippen molar-refractivity contribution in [2.75, 3.05) is 18.8 Å². The summed E-state index contributed by atoms with van der Waals surface area (Å²) in [6, 6.07) is 5.29. The van der Waals surface area contributed by atoms with Gasteiger partial charge in [0.25, 0.3) is 5.91 Å². The summed E-state index contributed by atoms with van der Waals surface area (Å²) < 4.78 is 6.70. The number of hydrogen-bond donors (Lipinski definition) is 1. The molecule has 0 atom stereocenters. The van der Waals surface area contributed by atoms with Crippen molar-refractivity contribution >= 4 is 18.3 Å². The van der Waals surface area contributed by atoms with Gasteiger partial charge in [0.05, 0.1) is 24.1 Å². The highest BCUT2D eigenvalue weighted by atomic mass is 16.3. The van der Waals surface area contributed by atoms with E-state index in [4.69, 9.17) is 10.2 Å². The van der Waals surface area contributed by atoms with Gasteiger partial charge in [0.1, 0.15) is 5.76 Å². The molecule has 126 valence electrons. The Kier molecular flexibility index (Phi) is 4.79. The fourth-order valence-corrected chi connectivity index (χ4v) is 2.82. The van der Waals surface area contributed by atoms with Crippen LogP contribution < -0.4 is 11.2 Å². The van der Waals surface area contributed by atoms with Crippen LogP contribution in [0.1, 0.15) is 35.4 Å². The number of carbonyl (C=O) groups is 1. The number of piperidine rings is 1. The molecule has 3 rings (SSSR count). The summed E-state index contributed by atoms with van der Waals surface area (Å²) in [7, 11) is 0. The lowest BCUT2D eigenvalue weighted by atomic mass is 10.1. The minimum atomic E-state index is -0.0311. The quantitative estimate of drug-likeness (QED) is 0.869. The van der Waals surface area contributed by atoms with Crippen molar-refractivity contribution in [1.29, 1.82) is 0 Å². The molecule has 2 aromatic heterocycles. The van der Waals surface area contributed by atoms with E-state index >= 15 is 0 Å². The number of anilines is 1. The Hall–Kier alpha value is -2.83. The number of rotatable bonds is 4. The number of aromatic nitrogens is 1. The van der Waals surface area contributed by atoms with Crippen molar-refractivity contribution < 1.29 is 9.21 Å². The SMILES string of the molecule is C=Nn1cc(C(=O)N2CCCCC2)cc(N)c1=NCc1ccco1. The molecular formula is C17H21N5O2. The van der Waals surface area contributed by atoms with Gasteiger partial charge in [0.2, 0.25) is 0 Å². The highest BCUT2D eigenvalue weighted by Gasteiger charge is 2.19. The Morgan fingerprint density at radius 1 is 1.33 bits per heavy atom. The predicted molar refractivity (Wildman–Crippen MR) is 91.5 cm³/mol. The first kappa shape index (κ1) is 16.0. The Morgan fingerprint density at radius 3 is 2.79 bits per heavy atom. The van der Waals surface area contributed by atoms with Crippen LogP contribution in [0.5, 0.6) is 0 Å². The van der Waals surface area contributed by atoms with E-state index in [9.17, 15) is 4.79 Å². The summed E-state index contributed by atoms with van der Waals surface area (Å²) in [5.74, 6) is 0.690. The first-order valence-corrected chi connectivity index (χ1v) is 8.00. The van der Waals surface area contributed by atoms with Gasteiger partial charge in [-0.2, -0.15) is 5.10 Å². The lowest BCUT2D eigenvalue weighted by molar-refractivity contribution is 0.0723. The third kappa shape index (κ3) is 3.40. The van der Waals surface area contributed by atoms with Gasteiger partial charge in [0.15, 0.2) is 5.49 Å². The van der Waals surface area contributed by atoms with Gasteiger partial charge >= 0.3 is 0 Å². The van der Waals surface area contributed by atoms with Crippen molar-refractivity contribution in [2.45, 2.75) is 25.8 Å². The van der Waals surface area contributed by atoms with Crippen molar-refractivity contribution in [2.24, 2.45) is 10.1 Å². The van der Waals surface area contributed by atoms with Crippen molar-refractivity contribution in [3.05, 3.63) is 47.5 Å². The fourth-order valence-electron chi connectivity index (χ4n) is 2.82. The maximum Gasteiger partial charge on any atom is 0.255 e. The molecule has 2 aromatic rings. The van der Waals surface area contributed by atoms with E-state index in [1.54, 1.807) is 24.6 Å². The summed E-state index contributed by atoms with van der Waals surface area (Å²) in [5.41, 5.74) is 7.44. The molecule has 0 saturated carbocycles. The van der Waals surface area contributed by atoms with Gasteiger partial charge in [-0.15, -0.1) is 0 Å². The Bertz CT molecular complexity index is 786. The number of nitrogen functional groups attached to an aromatic ring is 1. The number of likely N-dealkylation sites (tertiary alicyclic amines) is 1. The van der Waals surface area contributed by atoms with Crippen molar-refractivity contribution in [3.63, 3.8) is 0 Å². The normalized spacial score (nSPS) is 15.5. The molecule has 1 saturated heterocycles. The zero-order valence-electron chi connectivity index (χ0n) is 13.5. The van der Waals surface area contributed by atoms with E-state index in [-0.39, 0.29) is 5.91 Å². The van der Waals surface area contributed by atoms with Crippen LogP contribution >= 0.6 is 0 Å². The monoisotopic (exact) mass is 327 g/mol. The second kappa shape index (κ2) is 7.16.